The molecular weight excluding hydrogens is 276 g/mol. The van der Waals surface area contributed by atoms with Crippen LogP contribution in [0.1, 0.15) is 59.3 Å². The van der Waals surface area contributed by atoms with Gasteiger partial charge < -0.3 is 14.9 Å². The van der Waals surface area contributed by atoms with E-state index in [1.165, 1.54) is 0 Å². The van der Waals surface area contributed by atoms with E-state index in [0.717, 1.165) is 77.2 Å². The number of carbonyl (C=O) groups excluding carboxylic acids is 1. The van der Waals surface area contributed by atoms with E-state index in [1.807, 2.05) is 4.90 Å². The van der Waals surface area contributed by atoms with Crippen molar-refractivity contribution in [3.05, 3.63) is 0 Å². The van der Waals surface area contributed by atoms with Crippen molar-refractivity contribution < 1.29 is 9.90 Å². The summed E-state index contributed by atoms with van der Waals surface area (Å²) in [7, 11) is 0. The minimum atomic E-state index is -0.484. The van der Waals surface area contributed by atoms with Crippen molar-refractivity contribution in [3.63, 3.8) is 0 Å². The fraction of sp³-hybridized carbons (Fsp3) is 0.944. The van der Waals surface area contributed by atoms with E-state index in [4.69, 9.17) is 0 Å². The maximum Gasteiger partial charge on any atom is 0.225 e. The van der Waals surface area contributed by atoms with Crippen molar-refractivity contribution >= 4 is 5.91 Å². The van der Waals surface area contributed by atoms with Gasteiger partial charge in [-0.15, -0.1) is 0 Å². The van der Waals surface area contributed by atoms with Crippen LogP contribution in [0.15, 0.2) is 0 Å². The van der Waals surface area contributed by atoms with Crippen LogP contribution >= 0.6 is 0 Å². The first-order valence-electron chi connectivity index (χ1n) is 9.21. The van der Waals surface area contributed by atoms with Gasteiger partial charge in [-0.05, 0) is 71.4 Å². The summed E-state index contributed by atoms with van der Waals surface area (Å²) < 4.78 is 0. The number of rotatable bonds is 5. The molecule has 0 aromatic rings. The molecule has 1 saturated heterocycles. The zero-order chi connectivity index (χ0) is 16.2. The highest BCUT2D eigenvalue weighted by Gasteiger charge is 2.35. The highest BCUT2D eigenvalue weighted by atomic mass is 16.3. The van der Waals surface area contributed by atoms with Crippen LogP contribution in [-0.2, 0) is 4.79 Å². The number of hydrogen-bond donors (Lipinski definition) is 1. The minimum absolute atomic E-state index is 0.192. The van der Waals surface area contributed by atoms with Crippen molar-refractivity contribution in [2.45, 2.75) is 64.9 Å². The highest BCUT2D eigenvalue weighted by molar-refractivity contribution is 5.78. The Morgan fingerprint density at radius 2 is 1.68 bits per heavy atom. The van der Waals surface area contributed by atoms with Crippen molar-refractivity contribution in [2.75, 3.05) is 32.7 Å². The normalized spacial score (nSPS) is 31.2. The third-order valence-electron chi connectivity index (χ3n) is 5.73. The molecule has 0 aromatic carbocycles. The summed E-state index contributed by atoms with van der Waals surface area (Å²) in [5.74, 6) is 1.28. The average molecular weight is 310 g/mol. The van der Waals surface area contributed by atoms with Crippen LogP contribution in [0, 0.1) is 11.8 Å². The summed E-state index contributed by atoms with van der Waals surface area (Å²) in [4.78, 5) is 16.7. The molecule has 1 N–H and O–H groups in total. The summed E-state index contributed by atoms with van der Waals surface area (Å²) in [5.41, 5.74) is -0.484. The van der Waals surface area contributed by atoms with E-state index < -0.39 is 5.60 Å². The smallest absolute Gasteiger partial charge is 0.225 e. The van der Waals surface area contributed by atoms with E-state index in [1.54, 1.807) is 0 Å². The molecule has 1 aliphatic carbocycles. The standard InChI is InChI=1S/C18H34N2O2/c1-4-20(5-2)17(21)16-8-12-19(13-9-16)14-18(22)10-6-15(3)7-11-18/h15-16,22H,4-14H2,1-3H3. The van der Waals surface area contributed by atoms with Gasteiger partial charge in [-0.1, -0.05) is 6.92 Å². The number of aliphatic hydroxyl groups is 1. The van der Waals surface area contributed by atoms with Crippen LogP contribution in [-0.4, -0.2) is 59.1 Å². The first-order valence-corrected chi connectivity index (χ1v) is 9.21. The van der Waals surface area contributed by atoms with Gasteiger partial charge in [0.2, 0.25) is 5.91 Å². The Morgan fingerprint density at radius 3 is 2.18 bits per heavy atom. The number of likely N-dealkylation sites (tertiary alicyclic amines) is 1. The summed E-state index contributed by atoms with van der Waals surface area (Å²) >= 11 is 0. The lowest BCUT2D eigenvalue weighted by molar-refractivity contribution is -0.137. The van der Waals surface area contributed by atoms with E-state index in [-0.39, 0.29) is 5.92 Å². The molecule has 0 spiro atoms. The van der Waals surface area contributed by atoms with E-state index in [0.29, 0.717) is 5.91 Å². The largest absolute Gasteiger partial charge is 0.389 e. The Hall–Kier alpha value is -0.610. The topological polar surface area (TPSA) is 43.8 Å². The van der Waals surface area contributed by atoms with Crippen LogP contribution in [0.25, 0.3) is 0 Å². The zero-order valence-electron chi connectivity index (χ0n) is 14.7. The van der Waals surface area contributed by atoms with Crippen molar-refractivity contribution in [1.82, 2.24) is 9.80 Å². The van der Waals surface area contributed by atoms with Crippen LogP contribution in [0.3, 0.4) is 0 Å². The Labute approximate surface area is 135 Å². The lowest BCUT2D eigenvalue weighted by Crippen LogP contribution is -2.49. The van der Waals surface area contributed by atoms with Gasteiger partial charge in [0, 0.05) is 25.6 Å². The summed E-state index contributed by atoms with van der Waals surface area (Å²) in [6, 6.07) is 0. The van der Waals surface area contributed by atoms with E-state index in [9.17, 15) is 9.90 Å². The van der Waals surface area contributed by atoms with Gasteiger partial charge in [-0.2, -0.15) is 0 Å². The minimum Gasteiger partial charge on any atom is -0.389 e. The molecule has 0 atom stereocenters. The second kappa shape index (κ2) is 7.78. The lowest BCUT2D eigenvalue weighted by Gasteiger charge is -2.41. The molecular formula is C18H34N2O2. The summed E-state index contributed by atoms with van der Waals surface area (Å²) in [6.07, 6.45) is 6.06. The molecule has 0 bridgehead atoms. The lowest BCUT2D eigenvalue weighted by atomic mass is 9.79. The predicted molar refractivity (Wildman–Crippen MR) is 89.7 cm³/mol. The van der Waals surface area contributed by atoms with Gasteiger partial charge >= 0.3 is 0 Å². The molecule has 1 saturated carbocycles. The highest BCUT2D eigenvalue weighted by Crippen LogP contribution is 2.33. The molecule has 1 heterocycles. The summed E-state index contributed by atoms with van der Waals surface area (Å²) in [5, 5.41) is 10.8. The number of carbonyl (C=O) groups is 1. The van der Waals surface area contributed by atoms with Crippen LogP contribution in [0.4, 0.5) is 0 Å². The van der Waals surface area contributed by atoms with Gasteiger partial charge in [-0.25, -0.2) is 0 Å². The Bertz CT molecular complexity index is 352. The number of piperidine rings is 1. The van der Waals surface area contributed by atoms with Crippen molar-refractivity contribution in [3.8, 4) is 0 Å². The predicted octanol–water partition coefficient (Wildman–Crippen LogP) is 2.51. The third-order valence-corrected chi connectivity index (χ3v) is 5.73. The molecule has 4 heteroatoms. The Balaban J connectivity index is 1.78. The van der Waals surface area contributed by atoms with Crippen molar-refractivity contribution in [1.29, 1.82) is 0 Å². The summed E-state index contributed by atoms with van der Waals surface area (Å²) in [6.45, 7) is 10.7. The molecule has 0 unspecified atom stereocenters. The van der Waals surface area contributed by atoms with E-state index >= 15 is 0 Å². The van der Waals surface area contributed by atoms with Crippen LogP contribution in [0.2, 0.25) is 0 Å². The molecule has 2 aliphatic rings. The molecule has 1 aliphatic heterocycles. The van der Waals surface area contributed by atoms with Crippen LogP contribution in [0.5, 0.6) is 0 Å². The number of amides is 1. The van der Waals surface area contributed by atoms with Crippen molar-refractivity contribution in [2.24, 2.45) is 11.8 Å². The first-order chi connectivity index (χ1) is 10.5. The third kappa shape index (κ3) is 4.45. The SMILES string of the molecule is CCN(CC)C(=O)C1CCN(CC2(O)CCC(C)CC2)CC1. The number of β-amino-alcohol motifs (C(OH)–C–C–N with tert-alkyl or cyclic N) is 1. The second-order valence-electron chi connectivity index (χ2n) is 7.47. The second-order valence-corrected chi connectivity index (χ2v) is 7.47. The number of nitrogens with zero attached hydrogens (tertiary/aromatic N) is 2. The van der Waals surface area contributed by atoms with Gasteiger partial charge in [0.05, 0.1) is 5.60 Å². The van der Waals surface area contributed by atoms with E-state index in [2.05, 4.69) is 25.7 Å². The quantitative estimate of drug-likeness (QED) is 0.848. The fourth-order valence-electron chi connectivity index (χ4n) is 4.01. The Kier molecular flexibility index (Phi) is 6.27. The van der Waals surface area contributed by atoms with Gasteiger partial charge in [0.1, 0.15) is 0 Å². The average Bonchev–Trinajstić information content (AvgIpc) is 2.52. The maximum absolute atomic E-state index is 12.4. The zero-order valence-corrected chi connectivity index (χ0v) is 14.7. The number of hydrogen-bond acceptors (Lipinski definition) is 3. The maximum atomic E-state index is 12.4. The molecule has 4 nitrogen and oxygen atoms in total. The molecule has 0 aromatic heterocycles. The first kappa shape index (κ1) is 17.7. The molecule has 22 heavy (non-hydrogen) atoms. The molecule has 1 amide bonds. The fourth-order valence-corrected chi connectivity index (χ4v) is 4.01. The van der Waals surface area contributed by atoms with Crippen LogP contribution < -0.4 is 0 Å². The van der Waals surface area contributed by atoms with Gasteiger partial charge in [0.15, 0.2) is 0 Å². The molecule has 2 fully saturated rings. The molecule has 128 valence electrons. The monoisotopic (exact) mass is 310 g/mol. The van der Waals surface area contributed by atoms with Gasteiger partial charge in [0.25, 0.3) is 0 Å². The molecule has 0 radical (unpaired) electrons. The Morgan fingerprint density at radius 1 is 1.14 bits per heavy atom. The molecule has 2 rings (SSSR count). The van der Waals surface area contributed by atoms with Gasteiger partial charge in [-0.3, -0.25) is 4.79 Å².